The summed E-state index contributed by atoms with van der Waals surface area (Å²) in [6, 6.07) is 13.8. The van der Waals surface area contributed by atoms with Crippen LogP contribution in [0.25, 0.3) is 11.3 Å². The van der Waals surface area contributed by atoms with E-state index in [4.69, 9.17) is 27.6 Å². The fourth-order valence-electron chi connectivity index (χ4n) is 1.86. The summed E-state index contributed by atoms with van der Waals surface area (Å²) in [7, 11) is 0. The van der Waals surface area contributed by atoms with Gasteiger partial charge in [0, 0.05) is 16.8 Å². The Labute approximate surface area is 136 Å². The molecule has 0 aliphatic rings. The van der Waals surface area contributed by atoms with Crippen molar-refractivity contribution in [3.05, 3.63) is 70.5 Å². The van der Waals surface area contributed by atoms with Gasteiger partial charge < -0.3 is 9.73 Å². The van der Waals surface area contributed by atoms with Crippen LogP contribution in [0.5, 0.6) is 0 Å². The third-order valence-electron chi connectivity index (χ3n) is 2.93. The lowest BCUT2D eigenvalue weighted by molar-refractivity contribution is 0.0997. The standard InChI is InChI=1S/C16H10Cl2N2O2/c17-11-3-1-10(2-4-11)13-6-7-14(22-13)16(21)20-15-8-5-12(18)9-19-15/h1-9H,(H,19,20,21). The van der Waals surface area contributed by atoms with Gasteiger partial charge in [-0.1, -0.05) is 23.2 Å². The molecular weight excluding hydrogens is 323 g/mol. The number of halogens is 2. The molecule has 2 heterocycles. The Kier molecular flexibility index (Phi) is 4.13. The van der Waals surface area contributed by atoms with Crippen LogP contribution in [0.4, 0.5) is 5.82 Å². The first-order valence-electron chi connectivity index (χ1n) is 6.40. The second-order valence-corrected chi connectivity index (χ2v) is 5.36. The SMILES string of the molecule is O=C(Nc1ccc(Cl)cn1)c1ccc(-c2ccc(Cl)cc2)o1. The van der Waals surface area contributed by atoms with E-state index in [1.165, 1.54) is 6.20 Å². The third kappa shape index (κ3) is 3.30. The molecule has 22 heavy (non-hydrogen) atoms. The zero-order valence-electron chi connectivity index (χ0n) is 11.2. The maximum absolute atomic E-state index is 12.1. The van der Waals surface area contributed by atoms with Gasteiger partial charge in [0.2, 0.25) is 0 Å². The summed E-state index contributed by atoms with van der Waals surface area (Å²) < 4.78 is 5.56. The maximum atomic E-state index is 12.1. The van der Waals surface area contributed by atoms with Crippen molar-refractivity contribution in [3.8, 4) is 11.3 Å². The van der Waals surface area contributed by atoms with Gasteiger partial charge in [0.25, 0.3) is 5.91 Å². The second-order valence-electron chi connectivity index (χ2n) is 4.49. The molecule has 110 valence electrons. The van der Waals surface area contributed by atoms with Crippen molar-refractivity contribution in [2.45, 2.75) is 0 Å². The number of furan rings is 1. The molecule has 3 aromatic rings. The van der Waals surface area contributed by atoms with E-state index in [0.29, 0.717) is 21.6 Å². The minimum absolute atomic E-state index is 0.196. The van der Waals surface area contributed by atoms with E-state index >= 15 is 0 Å². The highest BCUT2D eigenvalue weighted by Gasteiger charge is 2.13. The average Bonchev–Trinajstić information content (AvgIpc) is 3.00. The molecule has 0 bridgehead atoms. The van der Waals surface area contributed by atoms with Gasteiger partial charge in [0.15, 0.2) is 5.76 Å². The van der Waals surface area contributed by atoms with Crippen molar-refractivity contribution in [1.29, 1.82) is 0 Å². The summed E-state index contributed by atoms with van der Waals surface area (Å²) in [4.78, 5) is 16.1. The van der Waals surface area contributed by atoms with Crippen LogP contribution in [0.2, 0.25) is 10.0 Å². The third-order valence-corrected chi connectivity index (χ3v) is 3.40. The quantitative estimate of drug-likeness (QED) is 0.742. The first-order valence-corrected chi connectivity index (χ1v) is 7.16. The molecule has 0 radical (unpaired) electrons. The first-order chi connectivity index (χ1) is 10.6. The van der Waals surface area contributed by atoms with Crippen LogP contribution < -0.4 is 5.32 Å². The molecule has 6 heteroatoms. The van der Waals surface area contributed by atoms with Crippen LogP contribution in [0.3, 0.4) is 0 Å². The fraction of sp³-hybridized carbons (Fsp3) is 0. The normalized spacial score (nSPS) is 10.5. The van der Waals surface area contributed by atoms with Gasteiger partial charge in [0.05, 0.1) is 5.02 Å². The number of hydrogen-bond acceptors (Lipinski definition) is 3. The maximum Gasteiger partial charge on any atom is 0.292 e. The highest BCUT2D eigenvalue weighted by Crippen LogP contribution is 2.24. The lowest BCUT2D eigenvalue weighted by Crippen LogP contribution is -2.11. The number of carbonyl (C=O) groups excluding carboxylic acids is 1. The summed E-state index contributed by atoms with van der Waals surface area (Å²) in [6.07, 6.45) is 1.46. The van der Waals surface area contributed by atoms with Gasteiger partial charge in [-0.05, 0) is 48.5 Å². The number of anilines is 1. The highest BCUT2D eigenvalue weighted by atomic mass is 35.5. The number of aromatic nitrogens is 1. The minimum Gasteiger partial charge on any atom is -0.451 e. The molecule has 3 rings (SSSR count). The second kappa shape index (κ2) is 6.22. The molecule has 0 fully saturated rings. The number of benzene rings is 1. The molecular formula is C16H10Cl2N2O2. The van der Waals surface area contributed by atoms with Crippen LogP contribution in [0, 0.1) is 0 Å². The van der Waals surface area contributed by atoms with E-state index in [1.807, 2.05) is 12.1 Å². The van der Waals surface area contributed by atoms with Crippen molar-refractivity contribution in [2.75, 3.05) is 5.32 Å². The number of amides is 1. The smallest absolute Gasteiger partial charge is 0.292 e. The molecule has 1 amide bonds. The van der Waals surface area contributed by atoms with E-state index in [-0.39, 0.29) is 11.7 Å². The molecule has 1 aromatic carbocycles. The minimum atomic E-state index is -0.380. The summed E-state index contributed by atoms with van der Waals surface area (Å²) >= 11 is 11.6. The molecule has 1 N–H and O–H groups in total. The molecule has 0 unspecified atom stereocenters. The van der Waals surface area contributed by atoms with E-state index in [9.17, 15) is 4.79 Å². The Morgan fingerprint density at radius 2 is 1.68 bits per heavy atom. The number of carbonyl (C=O) groups is 1. The number of hydrogen-bond donors (Lipinski definition) is 1. The Hall–Kier alpha value is -2.30. The summed E-state index contributed by atoms with van der Waals surface area (Å²) in [5, 5.41) is 3.78. The van der Waals surface area contributed by atoms with Gasteiger partial charge in [-0.3, -0.25) is 4.79 Å². The van der Waals surface area contributed by atoms with Crippen LogP contribution in [0.15, 0.2) is 59.1 Å². The zero-order valence-corrected chi connectivity index (χ0v) is 12.7. The number of pyridine rings is 1. The molecule has 0 saturated carbocycles. The monoisotopic (exact) mass is 332 g/mol. The van der Waals surface area contributed by atoms with E-state index < -0.39 is 0 Å². The number of nitrogens with zero attached hydrogens (tertiary/aromatic N) is 1. The molecule has 2 aromatic heterocycles. The van der Waals surface area contributed by atoms with Gasteiger partial charge in [0.1, 0.15) is 11.6 Å². The Bertz CT molecular complexity index is 796. The molecule has 4 nitrogen and oxygen atoms in total. The van der Waals surface area contributed by atoms with Crippen molar-refractivity contribution in [1.82, 2.24) is 4.98 Å². The summed E-state index contributed by atoms with van der Waals surface area (Å²) in [5.74, 6) is 0.807. The van der Waals surface area contributed by atoms with Crippen molar-refractivity contribution in [2.24, 2.45) is 0 Å². The van der Waals surface area contributed by atoms with E-state index in [2.05, 4.69) is 10.3 Å². The Morgan fingerprint density at radius 1 is 0.955 bits per heavy atom. The first kappa shape index (κ1) is 14.6. The highest BCUT2D eigenvalue weighted by molar-refractivity contribution is 6.30. The lowest BCUT2D eigenvalue weighted by Gasteiger charge is -2.02. The molecule has 0 aliphatic carbocycles. The number of rotatable bonds is 3. The predicted molar refractivity (Wildman–Crippen MR) is 86.4 cm³/mol. The van der Waals surface area contributed by atoms with Gasteiger partial charge in [-0.25, -0.2) is 4.98 Å². The van der Waals surface area contributed by atoms with Gasteiger partial charge >= 0.3 is 0 Å². The van der Waals surface area contributed by atoms with E-state index in [1.54, 1.807) is 36.4 Å². The Balaban J connectivity index is 1.76. The topological polar surface area (TPSA) is 55.1 Å². The molecule has 0 aliphatic heterocycles. The lowest BCUT2D eigenvalue weighted by atomic mass is 10.2. The van der Waals surface area contributed by atoms with Gasteiger partial charge in [-0.15, -0.1) is 0 Å². The van der Waals surface area contributed by atoms with E-state index in [0.717, 1.165) is 5.56 Å². The van der Waals surface area contributed by atoms with Crippen molar-refractivity contribution < 1.29 is 9.21 Å². The van der Waals surface area contributed by atoms with Crippen LogP contribution in [0.1, 0.15) is 10.6 Å². The largest absolute Gasteiger partial charge is 0.451 e. The van der Waals surface area contributed by atoms with Crippen LogP contribution in [-0.4, -0.2) is 10.9 Å². The zero-order chi connectivity index (χ0) is 15.5. The molecule has 0 saturated heterocycles. The van der Waals surface area contributed by atoms with Crippen LogP contribution in [-0.2, 0) is 0 Å². The van der Waals surface area contributed by atoms with Crippen LogP contribution >= 0.6 is 23.2 Å². The van der Waals surface area contributed by atoms with Crippen molar-refractivity contribution in [3.63, 3.8) is 0 Å². The van der Waals surface area contributed by atoms with Crippen molar-refractivity contribution >= 4 is 34.9 Å². The predicted octanol–water partition coefficient (Wildman–Crippen LogP) is 4.90. The number of nitrogens with one attached hydrogen (secondary N) is 1. The molecule has 0 atom stereocenters. The Morgan fingerprint density at radius 3 is 2.36 bits per heavy atom. The fourth-order valence-corrected chi connectivity index (χ4v) is 2.09. The molecule has 0 spiro atoms. The van der Waals surface area contributed by atoms with Gasteiger partial charge in [-0.2, -0.15) is 0 Å². The summed E-state index contributed by atoms with van der Waals surface area (Å²) in [6.45, 7) is 0. The summed E-state index contributed by atoms with van der Waals surface area (Å²) in [5.41, 5.74) is 0.841. The average molecular weight is 333 g/mol.